The number of aryl methyl sites for hydroxylation is 1. The van der Waals surface area contributed by atoms with Gasteiger partial charge in [0.15, 0.2) is 0 Å². The minimum Gasteiger partial charge on any atom is -0.491 e. The monoisotopic (exact) mass is 416 g/mol. The van der Waals surface area contributed by atoms with E-state index in [0.29, 0.717) is 58.5 Å². The molecule has 1 saturated heterocycles. The van der Waals surface area contributed by atoms with E-state index in [-0.39, 0.29) is 29.8 Å². The number of nitrogens with zero attached hydrogens (tertiary/aromatic N) is 2. The van der Waals surface area contributed by atoms with Crippen molar-refractivity contribution >= 4 is 17.8 Å². The molecule has 1 aromatic rings. The fourth-order valence-electron chi connectivity index (χ4n) is 3.94. The van der Waals surface area contributed by atoms with Crippen LogP contribution in [0.4, 0.5) is 4.79 Å². The fraction of sp³-hybridized carbons (Fsp3) is 0.591. The van der Waals surface area contributed by atoms with Crippen LogP contribution < -0.4 is 15.8 Å². The van der Waals surface area contributed by atoms with Crippen molar-refractivity contribution < 1.29 is 19.1 Å². The Bertz CT molecular complexity index is 787. The average Bonchev–Trinajstić information content (AvgIpc) is 2.93. The van der Waals surface area contributed by atoms with Crippen LogP contribution in [-0.2, 0) is 22.6 Å². The van der Waals surface area contributed by atoms with Crippen LogP contribution >= 0.6 is 0 Å². The molecule has 1 fully saturated rings. The molecule has 1 aromatic carbocycles. The summed E-state index contributed by atoms with van der Waals surface area (Å²) in [4.78, 5) is 39.8. The molecule has 0 saturated carbocycles. The number of amides is 4. The van der Waals surface area contributed by atoms with E-state index >= 15 is 0 Å². The smallest absolute Gasteiger partial charge is 0.318 e. The van der Waals surface area contributed by atoms with Gasteiger partial charge in [-0.15, -0.1) is 0 Å². The largest absolute Gasteiger partial charge is 0.491 e. The fourth-order valence-corrected chi connectivity index (χ4v) is 3.94. The number of carbonyl (C=O) groups is 3. The zero-order valence-electron chi connectivity index (χ0n) is 17.9. The second-order valence-electron chi connectivity index (χ2n) is 8.37. The number of hydrogen-bond donors (Lipinski definition) is 2. The highest BCUT2D eigenvalue weighted by Gasteiger charge is 2.26. The highest BCUT2D eigenvalue weighted by Crippen LogP contribution is 2.25. The van der Waals surface area contributed by atoms with Crippen LogP contribution in [0.1, 0.15) is 44.2 Å². The van der Waals surface area contributed by atoms with Gasteiger partial charge in [-0.05, 0) is 44.7 Å². The highest BCUT2D eigenvalue weighted by atomic mass is 16.5. The summed E-state index contributed by atoms with van der Waals surface area (Å²) in [5.74, 6) is 0.500. The lowest BCUT2D eigenvalue weighted by molar-refractivity contribution is -0.134. The van der Waals surface area contributed by atoms with Gasteiger partial charge >= 0.3 is 6.03 Å². The molecule has 0 radical (unpaired) electrons. The Morgan fingerprint density at radius 1 is 1.17 bits per heavy atom. The summed E-state index contributed by atoms with van der Waals surface area (Å²) in [6.07, 6.45) is 2.33. The van der Waals surface area contributed by atoms with Crippen molar-refractivity contribution in [3.05, 3.63) is 29.3 Å². The summed E-state index contributed by atoms with van der Waals surface area (Å²) in [6.45, 7) is 6.52. The van der Waals surface area contributed by atoms with Crippen molar-refractivity contribution in [2.24, 2.45) is 11.7 Å². The van der Waals surface area contributed by atoms with E-state index in [1.165, 1.54) is 0 Å². The van der Waals surface area contributed by atoms with Crippen molar-refractivity contribution in [3.8, 4) is 5.75 Å². The Hall–Kier alpha value is -2.77. The number of carbonyl (C=O) groups excluding carboxylic acids is 3. The molecule has 0 aromatic heterocycles. The SMILES string of the molecule is CC(C)NC(=O)N1CCOc2ccc(CCC(=O)N3CCC(C(N)=O)CC3)cc2C1. The number of hydrogen-bond acceptors (Lipinski definition) is 4. The summed E-state index contributed by atoms with van der Waals surface area (Å²) in [7, 11) is 0. The number of primary amides is 1. The third-order valence-corrected chi connectivity index (χ3v) is 5.68. The van der Waals surface area contributed by atoms with E-state index in [1.54, 1.807) is 4.90 Å². The maximum atomic E-state index is 12.6. The number of benzene rings is 1. The normalized spacial score (nSPS) is 17.2. The molecule has 0 spiro atoms. The maximum Gasteiger partial charge on any atom is 0.318 e. The molecule has 0 bridgehead atoms. The number of ether oxygens (including phenoxy) is 1. The molecule has 3 N–H and O–H groups in total. The van der Waals surface area contributed by atoms with Gasteiger partial charge in [0.2, 0.25) is 11.8 Å². The Morgan fingerprint density at radius 2 is 1.90 bits per heavy atom. The van der Waals surface area contributed by atoms with Crippen molar-refractivity contribution in [1.82, 2.24) is 15.1 Å². The van der Waals surface area contributed by atoms with E-state index in [0.717, 1.165) is 16.9 Å². The second kappa shape index (κ2) is 9.82. The standard InChI is InChI=1S/C22H32N4O4/c1-15(2)24-22(29)26-11-12-30-19-5-3-16(13-18(19)14-26)4-6-20(27)25-9-7-17(8-10-25)21(23)28/h3,5,13,15,17H,4,6-12,14H2,1-2H3,(H2,23,28)(H,24,29). The lowest BCUT2D eigenvalue weighted by Crippen LogP contribution is -2.43. The zero-order valence-corrected chi connectivity index (χ0v) is 17.9. The molecule has 2 aliphatic rings. The Kier molecular flexibility index (Phi) is 7.18. The van der Waals surface area contributed by atoms with Gasteiger partial charge in [0.05, 0.1) is 13.1 Å². The predicted molar refractivity (Wildman–Crippen MR) is 113 cm³/mol. The first-order valence-corrected chi connectivity index (χ1v) is 10.7. The van der Waals surface area contributed by atoms with Crippen molar-refractivity contribution in [2.45, 2.75) is 52.1 Å². The third-order valence-electron chi connectivity index (χ3n) is 5.68. The molecule has 0 atom stereocenters. The van der Waals surface area contributed by atoms with Gasteiger partial charge in [-0.25, -0.2) is 4.79 Å². The lowest BCUT2D eigenvalue weighted by atomic mass is 9.96. The number of fused-ring (bicyclic) bond motifs is 1. The summed E-state index contributed by atoms with van der Waals surface area (Å²) in [5, 5.41) is 2.92. The Morgan fingerprint density at radius 3 is 2.57 bits per heavy atom. The molecule has 164 valence electrons. The van der Waals surface area contributed by atoms with Crippen LogP contribution in [0.3, 0.4) is 0 Å². The molecule has 8 nitrogen and oxygen atoms in total. The summed E-state index contributed by atoms with van der Waals surface area (Å²) in [5.41, 5.74) is 7.36. The number of urea groups is 1. The van der Waals surface area contributed by atoms with Gasteiger partial charge in [-0.1, -0.05) is 12.1 Å². The van der Waals surface area contributed by atoms with Crippen LogP contribution in [-0.4, -0.2) is 59.9 Å². The second-order valence-corrected chi connectivity index (χ2v) is 8.37. The van der Waals surface area contributed by atoms with Crippen LogP contribution in [0, 0.1) is 5.92 Å². The van der Waals surface area contributed by atoms with Crippen LogP contribution in [0.25, 0.3) is 0 Å². The van der Waals surface area contributed by atoms with E-state index in [9.17, 15) is 14.4 Å². The van der Waals surface area contributed by atoms with Gasteiger partial charge in [0, 0.05) is 37.0 Å². The van der Waals surface area contributed by atoms with E-state index in [4.69, 9.17) is 10.5 Å². The first kappa shape index (κ1) is 21.9. The van der Waals surface area contributed by atoms with Crippen LogP contribution in [0.2, 0.25) is 0 Å². The molecule has 8 heteroatoms. The summed E-state index contributed by atoms with van der Waals surface area (Å²) < 4.78 is 5.80. The minimum absolute atomic E-state index is 0.0755. The number of likely N-dealkylation sites (tertiary alicyclic amines) is 1. The predicted octanol–water partition coefficient (Wildman–Crippen LogP) is 1.66. The summed E-state index contributed by atoms with van der Waals surface area (Å²) in [6, 6.07) is 5.92. The van der Waals surface area contributed by atoms with E-state index in [2.05, 4.69) is 5.32 Å². The first-order chi connectivity index (χ1) is 14.3. The molecular weight excluding hydrogens is 384 g/mol. The van der Waals surface area contributed by atoms with Crippen molar-refractivity contribution in [2.75, 3.05) is 26.2 Å². The van der Waals surface area contributed by atoms with Crippen LogP contribution in [0.15, 0.2) is 18.2 Å². The van der Waals surface area contributed by atoms with Crippen molar-refractivity contribution in [1.29, 1.82) is 0 Å². The molecule has 2 heterocycles. The van der Waals surface area contributed by atoms with Crippen molar-refractivity contribution in [3.63, 3.8) is 0 Å². The molecule has 4 amide bonds. The first-order valence-electron chi connectivity index (χ1n) is 10.7. The quantitative estimate of drug-likeness (QED) is 0.761. The number of piperidine rings is 1. The zero-order chi connectivity index (χ0) is 21.7. The van der Waals surface area contributed by atoms with Gasteiger partial charge in [0.1, 0.15) is 12.4 Å². The van der Waals surface area contributed by atoms with Gasteiger partial charge in [0.25, 0.3) is 0 Å². The maximum absolute atomic E-state index is 12.6. The highest BCUT2D eigenvalue weighted by molar-refractivity contribution is 5.79. The van der Waals surface area contributed by atoms with Gasteiger partial charge in [-0.2, -0.15) is 0 Å². The molecule has 3 rings (SSSR count). The molecular formula is C22H32N4O4. The summed E-state index contributed by atoms with van der Waals surface area (Å²) >= 11 is 0. The molecule has 0 aliphatic carbocycles. The topological polar surface area (TPSA) is 105 Å². The van der Waals surface area contributed by atoms with Crippen LogP contribution in [0.5, 0.6) is 5.75 Å². The Labute approximate surface area is 177 Å². The Balaban J connectivity index is 1.57. The lowest BCUT2D eigenvalue weighted by Gasteiger charge is -2.30. The number of nitrogens with one attached hydrogen (secondary N) is 1. The molecule has 0 unspecified atom stereocenters. The number of nitrogens with two attached hydrogens (primary N) is 1. The number of rotatable bonds is 5. The molecule has 2 aliphatic heterocycles. The van der Waals surface area contributed by atoms with E-state index < -0.39 is 0 Å². The average molecular weight is 417 g/mol. The van der Waals surface area contributed by atoms with Gasteiger partial charge < -0.3 is 25.6 Å². The third kappa shape index (κ3) is 5.64. The minimum atomic E-state index is -0.273. The van der Waals surface area contributed by atoms with Gasteiger partial charge in [-0.3, -0.25) is 9.59 Å². The molecule has 30 heavy (non-hydrogen) atoms. The van der Waals surface area contributed by atoms with E-state index in [1.807, 2.05) is 36.9 Å².